The van der Waals surface area contributed by atoms with Crippen molar-refractivity contribution in [2.75, 3.05) is 44.9 Å². The number of rotatable bonds is 11. The van der Waals surface area contributed by atoms with Gasteiger partial charge in [-0.05, 0) is 55.8 Å². The lowest BCUT2D eigenvalue weighted by molar-refractivity contribution is -0.249. The van der Waals surface area contributed by atoms with E-state index in [1.54, 1.807) is 18.2 Å². The number of hydrogen-bond acceptors (Lipinski definition) is 7. The van der Waals surface area contributed by atoms with E-state index >= 15 is 0 Å². The Balaban J connectivity index is 1.38. The van der Waals surface area contributed by atoms with Crippen LogP contribution in [0.3, 0.4) is 0 Å². The number of nitrogens with one attached hydrogen (secondary N) is 2. The molecule has 0 atom stereocenters. The van der Waals surface area contributed by atoms with E-state index in [4.69, 9.17) is 19.5 Å². The number of hydrogen-bond donors (Lipinski definition) is 3. The van der Waals surface area contributed by atoms with Gasteiger partial charge in [0.05, 0.1) is 37.7 Å². The number of allylic oxidation sites excluding steroid dienone is 1. The van der Waals surface area contributed by atoms with E-state index in [0.29, 0.717) is 54.5 Å². The Bertz CT molecular complexity index is 1220. The highest BCUT2D eigenvalue weighted by Gasteiger charge is 2.38. The second-order valence-corrected chi connectivity index (χ2v) is 8.94. The fraction of sp³-hybridized carbons (Fsp3) is 0.333. The summed E-state index contributed by atoms with van der Waals surface area (Å²) in [6.45, 7) is 5.58. The summed E-state index contributed by atoms with van der Waals surface area (Å²) in [6, 6.07) is 11.3. The lowest BCUT2D eigenvalue weighted by Crippen LogP contribution is -2.27. The average molecular weight is 513 g/mol. The summed E-state index contributed by atoms with van der Waals surface area (Å²) in [5.41, 5.74) is 2.85. The Morgan fingerprint density at radius 1 is 1.05 bits per heavy atom. The molecule has 0 aliphatic carbocycles. The number of carbonyl (C=O) groups is 2. The van der Waals surface area contributed by atoms with Crippen molar-refractivity contribution in [2.45, 2.75) is 19.4 Å². The Hall–Kier alpha value is -3.57. The van der Waals surface area contributed by atoms with Crippen LogP contribution in [0.5, 0.6) is 0 Å². The van der Waals surface area contributed by atoms with Gasteiger partial charge >= 0.3 is 0 Å². The van der Waals surface area contributed by atoms with E-state index in [0.717, 1.165) is 11.1 Å². The van der Waals surface area contributed by atoms with Gasteiger partial charge in [0.15, 0.2) is 0 Å². The quantitative estimate of drug-likeness (QED) is 0.182. The van der Waals surface area contributed by atoms with Crippen LogP contribution in [0.4, 0.5) is 10.1 Å². The van der Waals surface area contributed by atoms with Crippen LogP contribution in [0.25, 0.3) is 11.1 Å². The SMILES string of the molecule is CC1(C)OC(=C2C(=O)Nc3cc(F)ccc32)C=C1c1ccc(C(=O)NCCOCCOCCOO)cc1. The van der Waals surface area contributed by atoms with E-state index < -0.39 is 11.4 Å². The molecule has 37 heavy (non-hydrogen) atoms. The first kappa shape index (κ1) is 26.5. The molecule has 2 aliphatic rings. The number of benzene rings is 2. The summed E-state index contributed by atoms with van der Waals surface area (Å²) < 4.78 is 30.3. The molecule has 4 rings (SSSR count). The van der Waals surface area contributed by atoms with Crippen LogP contribution >= 0.6 is 0 Å². The Morgan fingerprint density at radius 3 is 2.49 bits per heavy atom. The highest BCUT2D eigenvalue weighted by atomic mass is 19.1. The van der Waals surface area contributed by atoms with Crippen molar-refractivity contribution in [3.8, 4) is 0 Å². The summed E-state index contributed by atoms with van der Waals surface area (Å²) >= 11 is 0. The molecule has 2 aromatic carbocycles. The van der Waals surface area contributed by atoms with Crippen molar-refractivity contribution in [3.05, 3.63) is 76.8 Å². The molecule has 2 aromatic rings. The molecule has 2 amide bonds. The molecule has 0 saturated heterocycles. The number of halogens is 1. The summed E-state index contributed by atoms with van der Waals surface area (Å²) in [5, 5.41) is 13.7. The van der Waals surface area contributed by atoms with Crippen molar-refractivity contribution in [1.29, 1.82) is 0 Å². The minimum atomic E-state index is -0.721. The minimum Gasteiger partial charge on any atom is -0.482 e. The predicted octanol–water partition coefficient (Wildman–Crippen LogP) is 3.63. The first-order chi connectivity index (χ1) is 17.8. The maximum atomic E-state index is 13.6. The zero-order valence-electron chi connectivity index (χ0n) is 20.6. The third-order valence-corrected chi connectivity index (χ3v) is 5.94. The van der Waals surface area contributed by atoms with Crippen molar-refractivity contribution < 1.29 is 38.3 Å². The van der Waals surface area contributed by atoms with Gasteiger partial charge in [0.1, 0.15) is 23.8 Å². The van der Waals surface area contributed by atoms with Crippen molar-refractivity contribution >= 4 is 28.6 Å². The van der Waals surface area contributed by atoms with E-state index in [9.17, 15) is 14.0 Å². The summed E-state index contributed by atoms with van der Waals surface area (Å²) in [5.74, 6) is -0.584. The maximum absolute atomic E-state index is 13.6. The predicted molar refractivity (Wildman–Crippen MR) is 134 cm³/mol. The third-order valence-electron chi connectivity index (χ3n) is 5.94. The fourth-order valence-electron chi connectivity index (χ4n) is 4.17. The topological polar surface area (TPSA) is 115 Å². The van der Waals surface area contributed by atoms with Gasteiger partial charge in [0.2, 0.25) is 0 Å². The number of anilines is 1. The molecule has 10 heteroatoms. The van der Waals surface area contributed by atoms with E-state index in [1.807, 2.05) is 32.1 Å². The van der Waals surface area contributed by atoms with E-state index in [-0.39, 0.29) is 25.0 Å². The second-order valence-electron chi connectivity index (χ2n) is 8.94. The van der Waals surface area contributed by atoms with Crippen molar-refractivity contribution in [2.24, 2.45) is 0 Å². The van der Waals surface area contributed by atoms with Crippen LogP contribution in [0.1, 0.15) is 35.3 Å². The van der Waals surface area contributed by atoms with E-state index in [1.165, 1.54) is 12.1 Å². The first-order valence-corrected chi connectivity index (χ1v) is 11.9. The summed E-state index contributed by atoms with van der Waals surface area (Å²) in [7, 11) is 0. The molecule has 0 aromatic heterocycles. The van der Waals surface area contributed by atoms with Gasteiger partial charge < -0.3 is 24.8 Å². The Morgan fingerprint density at radius 2 is 1.76 bits per heavy atom. The number of ether oxygens (including phenoxy) is 3. The molecule has 2 aliphatic heterocycles. The van der Waals surface area contributed by atoms with Crippen LogP contribution < -0.4 is 10.6 Å². The number of carbonyl (C=O) groups excluding carboxylic acids is 2. The summed E-state index contributed by atoms with van der Waals surface area (Å²) in [4.78, 5) is 29.0. The Labute approximate surface area is 213 Å². The maximum Gasteiger partial charge on any atom is 0.260 e. The molecule has 0 bridgehead atoms. The Kier molecular flexibility index (Phi) is 8.34. The van der Waals surface area contributed by atoms with E-state index in [2.05, 4.69) is 15.5 Å². The highest BCUT2D eigenvalue weighted by Crippen LogP contribution is 2.44. The fourth-order valence-corrected chi connectivity index (χ4v) is 4.17. The van der Waals surface area contributed by atoms with Gasteiger partial charge in [-0.3, -0.25) is 14.8 Å². The molecular weight excluding hydrogens is 483 g/mol. The second kappa shape index (κ2) is 11.7. The highest BCUT2D eigenvalue weighted by molar-refractivity contribution is 6.32. The molecule has 0 saturated carbocycles. The van der Waals surface area contributed by atoms with Crippen LogP contribution in [-0.4, -0.2) is 62.3 Å². The lowest BCUT2D eigenvalue weighted by Gasteiger charge is -2.23. The van der Waals surface area contributed by atoms with Crippen LogP contribution in [0.15, 0.2) is 54.3 Å². The molecule has 2 heterocycles. The molecule has 9 nitrogen and oxygen atoms in total. The minimum absolute atomic E-state index is 0.101. The molecule has 3 N–H and O–H groups in total. The zero-order chi connectivity index (χ0) is 26.4. The monoisotopic (exact) mass is 512 g/mol. The van der Waals surface area contributed by atoms with Crippen LogP contribution in [-0.2, 0) is 23.9 Å². The molecule has 0 spiro atoms. The van der Waals surface area contributed by atoms with Gasteiger partial charge in [-0.15, -0.1) is 0 Å². The number of fused-ring (bicyclic) bond motifs is 1. The van der Waals surface area contributed by atoms with Crippen LogP contribution in [0.2, 0.25) is 0 Å². The molecule has 0 unspecified atom stereocenters. The molecular formula is C27H29FN2O7. The largest absolute Gasteiger partial charge is 0.482 e. The van der Waals surface area contributed by atoms with Gasteiger partial charge in [0, 0.05) is 23.2 Å². The normalized spacial score (nSPS) is 17.7. The number of amides is 2. The lowest BCUT2D eigenvalue weighted by atomic mass is 9.91. The standard InChI is InChI=1S/C27H29FN2O7/c1-27(2)21(16-23(37-27)24-20-8-7-19(28)15-22(20)30-26(24)32)17-3-5-18(6-4-17)25(31)29-9-10-34-11-12-35-13-14-36-33/h3-8,15-16,33H,9-14H2,1-2H3,(H,29,31)(H,30,32). The van der Waals surface area contributed by atoms with Gasteiger partial charge in [0.25, 0.3) is 11.8 Å². The van der Waals surface area contributed by atoms with Gasteiger partial charge in [-0.2, -0.15) is 0 Å². The van der Waals surface area contributed by atoms with Gasteiger partial charge in [-0.25, -0.2) is 9.28 Å². The molecule has 0 radical (unpaired) electrons. The van der Waals surface area contributed by atoms with Crippen LogP contribution in [0, 0.1) is 5.82 Å². The van der Waals surface area contributed by atoms with Gasteiger partial charge in [-0.1, -0.05) is 12.1 Å². The zero-order valence-corrected chi connectivity index (χ0v) is 20.6. The molecule has 196 valence electrons. The third kappa shape index (κ3) is 6.23. The average Bonchev–Trinajstić information content (AvgIpc) is 3.36. The first-order valence-electron chi connectivity index (χ1n) is 11.9. The molecule has 0 fully saturated rings. The summed E-state index contributed by atoms with van der Waals surface area (Å²) in [6.07, 6.45) is 1.82. The van der Waals surface area contributed by atoms with Crippen molar-refractivity contribution in [1.82, 2.24) is 5.32 Å². The van der Waals surface area contributed by atoms with Crippen molar-refractivity contribution in [3.63, 3.8) is 0 Å². The smallest absolute Gasteiger partial charge is 0.260 e.